The number of ether oxygens (including phenoxy) is 3. The van der Waals surface area contributed by atoms with Crippen LogP contribution < -0.4 is 47.2 Å². The van der Waals surface area contributed by atoms with E-state index in [4.69, 9.17) is 14.2 Å². The minimum Gasteiger partial charge on any atom is -0.457 e. The quantitative estimate of drug-likeness (QED) is 0.0537. The number of imidazole rings is 3. The molecule has 15 rings (SSSR count). The van der Waals surface area contributed by atoms with Gasteiger partial charge in [-0.05, 0) is 195 Å². The summed E-state index contributed by atoms with van der Waals surface area (Å²) in [5, 5.41) is 8.09. The summed E-state index contributed by atoms with van der Waals surface area (Å²) in [5.41, 5.74) is 7.96. The van der Waals surface area contributed by atoms with Crippen molar-refractivity contribution >= 4 is 67.9 Å². The second-order valence-corrected chi connectivity index (χ2v) is 23.5. The van der Waals surface area contributed by atoms with Crippen LogP contribution in [0.5, 0.6) is 34.5 Å². The van der Waals surface area contributed by atoms with E-state index in [0.717, 1.165) is 36.4 Å². The Balaban J connectivity index is 0.000000143. The van der Waals surface area contributed by atoms with Crippen molar-refractivity contribution in [3.8, 4) is 68.6 Å². The Morgan fingerprint density at radius 1 is 0.352 bits per heavy atom. The van der Waals surface area contributed by atoms with E-state index in [1.54, 1.807) is 229 Å². The minimum absolute atomic E-state index is 0.0154. The third-order valence-electron chi connectivity index (χ3n) is 16.5. The summed E-state index contributed by atoms with van der Waals surface area (Å²) in [5.74, 6) is -3.76. The summed E-state index contributed by atoms with van der Waals surface area (Å²) in [6, 6.07) is 57.0. The lowest BCUT2D eigenvalue weighted by molar-refractivity contribution is -0.112. The smallest absolute Gasteiger partial charge is 0.338 e. The number of amides is 3. The van der Waals surface area contributed by atoms with Crippen LogP contribution >= 0.6 is 0 Å². The van der Waals surface area contributed by atoms with E-state index in [1.807, 2.05) is 0 Å². The van der Waals surface area contributed by atoms with Gasteiger partial charge in [0.15, 0.2) is 11.6 Å². The van der Waals surface area contributed by atoms with Crippen LogP contribution in [0.1, 0.15) is 5.56 Å². The van der Waals surface area contributed by atoms with E-state index in [2.05, 4.69) is 50.6 Å². The predicted octanol–water partition coefficient (Wildman–Crippen LogP) is 16.3. The molecular formula is C82H57F5N12O9. The van der Waals surface area contributed by atoms with Crippen LogP contribution in [0.25, 0.3) is 67.2 Å². The fourth-order valence-electron chi connectivity index (χ4n) is 11.6. The molecule has 0 saturated carbocycles. The number of nitrogens with one attached hydrogen (secondary N) is 3. The van der Waals surface area contributed by atoms with Gasteiger partial charge < -0.3 is 30.2 Å². The fourth-order valence-corrected chi connectivity index (χ4v) is 11.6. The van der Waals surface area contributed by atoms with Gasteiger partial charge in [-0.3, -0.25) is 56.7 Å². The molecule has 0 aliphatic heterocycles. The largest absolute Gasteiger partial charge is 0.457 e. The summed E-state index contributed by atoms with van der Waals surface area (Å²) in [6.07, 6.45) is 13.1. The Kier molecular flexibility index (Phi) is 20.6. The van der Waals surface area contributed by atoms with Crippen LogP contribution in [-0.2, 0) is 14.4 Å². The zero-order valence-electron chi connectivity index (χ0n) is 56.7. The molecule has 0 aliphatic rings. The third-order valence-corrected chi connectivity index (χ3v) is 16.5. The number of nitrogens with zero attached hydrogens (tertiary/aromatic N) is 9. The molecule has 0 bridgehead atoms. The van der Waals surface area contributed by atoms with Crippen LogP contribution in [0.3, 0.4) is 0 Å². The standard InChI is InChI=1S/C28H21FN4O3.2C27H18F2N4O3/c1-3-27(34)31-19-5-4-6-21(15-19)33-25-13-14-30-17-26(25)32(28(33)35)20-8-11-22(12-9-20)36-23-10-7-18(2)24(29)16-23;1-2-25(34)31-17-5-3-6-19(15-17)33-22-13-14-30-16-23(22)32(27(33)35)18-9-11-20(12-10-18)36-24-8-4-7-21(28)26(24)29;1-2-26(34)31-19-4-3-5-21(15-19)33-24-10-11-30-16-25(24)32(27(33)35)20-6-8-22(9-7-20)36-23-13-17(28)12-18(29)14-23/h3-17H,1H2,2H3,(H,31,34);2*2-16H,1H2,(H,31,34). The topological polar surface area (TPSA) is 234 Å². The maximum atomic E-state index is 14.0. The van der Waals surface area contributed by atoms with E-state index in [-0.39, 0.29) is 57.9 Å². The first kappa shape index (κ1) is 71.3. The fraction of sp³-hybridized carbons (Fsp3) is 0.0122. The lowest BCUT2D eigenvalue weighted by atomic mass is 10.2. The summed E-state index contributed by atoms with van der Waals surface area (Å²) < 4.78 is 94.1. The summed E-state index contributed by atoms with van der Waals surface area (Å²) in [4.78, 5) is 88.6. The van der Waals surface area contributed by atoms with Crippen LogP contribution in [0, 0.1) is 36.0 Å². The van der Waals surface area contributed by atoms with E-state index < -0.39 is 23.3 Å². The molecule has 0 radical (unpaired) electrons. The maximum absolute atomic E-state index is 14.0. The first-order valence-electron chi connectivity index (χ1n) is 32.7. The van der Waals surface area contributed by atoms with Crippen molar-refractivity contribution in [3.05, 3.63) is 360 Å². The molecule has 6 heterocycles. The number of aryl methyl sites for hydroxylation is 1. The highest BCUT2D eigenvalue weighted by atomic mass is 19.2. The van der Waals surface area contributed by atoms with E-state index in [1.165, 1.54) is 42.5 Å². The SMILES string of the molecule is C=CC(=O)Nc1cccc(-n2c(=O)n(-c3ccc(Oc4cc(F)cc(F)c4)cc3)c3cnccc32)c1.C=CC(=O)Nc1cccc(-n2c(=O)n(-c3ccc(Oc4ccc(C)c(F)c4)cc3)c3cnccc32)c1.C=CC(=O)Nc1cccc(-n2c(=O)n(-c3ccc(Oc4cccc(F)c4F)cc3)c3cnccc32)c1. The Labute approximate surface area is 609 Å². The van der Waals surface area contributed by atoms with Gasteiger partial charge in [0.25, 0.3) is 0 Å². The van der Waals surface area contributed by atoms with Gasteiger partial charge in [-0.1, -0.05) is 50.1 Å². The summed E-state index contributed by atoms with van der Waals surface area (Å²) in [6.45, 7) is 12.0. The molecule has 0 fully saturated rings. The lowest BCUT2D eigenvalue weighted by Gasteiger charge is -2.09. The van der Waals surface area contributed by atoms with Crippen molar-refractivity contribution < 1.29 is 50.5 Å². The Bertz CT molecular complexity index is 6190. The molecule has 9 aromatic carbocycles. The molecule has 0 spiro atoms. The molecule has 0 saturated heterocycles. The van der Waals surface area contributed by atoms with Crippen molar-refractivity contribution in [2.45, 2.75) is 6.92 Å². The molecule has 0 atom stereocenters. The minimum atomic E-state index is -1.08. The van der Waals surface area contributed by atoms with E-state index in [0.29, 0.717) is 107 Å². The lowest BCUT2D eigenvalue weighted by Crippen LogP contribution is -2.22. The first-order chi connectivity index (χ1) is 52.3. The molecular weight excluding hydrogens is 1390 g/mol. The molecule has 108 heavy (non-hydrogen) atoms. The number of rotatable bonds is 18. The third kappa shape index (κ3) is 15.3. The number of hydrogen-bond donors (Lipinski definition) is 3. The van der Waals surface area contributed by atoms with Gasteiger partial charge in [-0.2, -0.15) is 4.39 Å². The molecule has 0 aliphatic carbocycles. The van der Waals surface area contributed by atoms with E-state index >= 15 is 0 Å². The van der Waals surface area contributed by atoms with Crippen LogP contribution in [0.2, 0.25) is 0 Å². The molecule has 26 heteroatoms. The van der Waals surface area contributed by atoms with Gasteiger partial charge in [0.05, 0.1) is 85.8 Å². The van der Waals surface area contributed by atoms with Crippen molar-refractivity contribution in [2.75, 3.05) is 16.0 Å². The van der Waals surface area contributed by atoms with Crippen molar-refractivity contribution in [3.63, 3.8) is 0 Å². The number of hydrogen-bond acceptors (Lipinski definition) is 12. The Hall–Kier alpha value is -15.1. The molecule has 3 amide bonds. The monoisotopic (exact) mass is 1450 g/mol. The number of aromatic nitrogens is 9. The molecule has 15 aromatic rings. The number of benzene rings is 9. The van der Waals surface area contributed by atoms with Crippen LogP contribution in [-0.4, -0.2) is 60.1 Å². The van der Waals surface area contributed by atoms with Gasteiger partial charge >= 0.3 is 17.1 Å². The summed E-state index contributed by atoms with van der Waals surface area (Å²) in [7, 11) is 0. The van der Waals surface area contributed by atoms with Gasteiger partial charge in [-0.15, -0.1) is 0 Å². The van der Waals surface area contributed by atoms with Crippen LogP contribution in [0.15, 0.2) is 308 Å². The molecule has 3 N–H and O–H groups in total. The number of carbonyl (C=O) groups excluding carboxylic acids is 3. The zero-order chi connectivity index (χ0) is 75.7. The molecule has 6 aromatic heterocycles. The average molecular weight is 1450 g/mol. The van der Waals surface area contributed by atoms with Gasteiger partial charge in [0.2, 0.25) is 23.5 Å². The van der Waals surface area contributed by atoms with Crippen LogP contribution in [0.4, 0.5) is 39.0 Å². The predicted molar refractivity (Wildman–Crippen MR) is 401 cm³/mol. The van der Waals surface area contributed by atoms with Gasteiger partial charge in [-0.25, -0.2) is 31.9 Å². The zero-order valence-corrected chi connectivity index (χ0v) is 56.7. The second kappa shape index (κ2) is 31.3. The van der Waals surface area contributed by atoms with Gasteiger partial charge in [0, 0.05) is 59.9 Å². The number of pyridine rings is 3. The van der Waals surface area contributed by atoms with E-state index in [9.17, 15) is 50.7 Å². The second-order valence-electron chi connectivity index (χ2n) is 23.5. The molecule has 534 valence electrons. The number of carbonyl (C=O) groups is 3. The number of halogens is 5. The van der Waals surface area contributed by atoms with Gasteiger partial charge in [0.1, 0.15) is 46.2 Å². The first-order valence-corrected chi connectivity index (χ1v) is 32.7. The highest BCUT2D eigenvalue weighted by Crippen LogP contribution is 2.32. The highest BCUT2D eigenvalue weighted by molar-refractivity contribution is 6.00. The Morgan fingerprint density at radius 2 is 0.694 bits per heavy atom. The average Bonchev–Trinajstić information content (AvgIpc) is 1.61. The maximum Gasteiger partial charge on any atom is 0.338 e. The number of anilines is 3. The summed E-state index contributed by atoms with van der Waals surface area (Å²) >= 11 is 0. The van der Waals surface area contributed by atoms with Crippen molar-refractivity contribution in [1.29, 1.82) is 0 Å². The van der Waals surface area contributed by atoms with Crippen molar-refractivity contribution in [2.24, 2.45) is 0 Å². The number of fused-ring (bicyclic) bond motifs is 3. The molecule has 21 nitrogen and oxygen atoms in total. The Morgan fingerprint density at radius 3 is 1.06 bits per heavy atom. The van der Waals surface area contributed by atoms with Crippen molar-refractivity contribution in [1.82, 2.24) is 42.4 Å². The highest BCUT2D eigenvalue weighted by Gasteiger charge is 2.22. The normalized spacial score (nSPS) is 10.8. The molecule has 0 unspecified atom stereocenters.